The summed E-state index contributed by atoms with van der Waals surface area (Å²) in [5.41, 5.74) is 0.746. The molecule has 9 heteroatoms. The minimum Gasteiger partial charge on any atom is -0.493 e. The first kappa shape index (κ1) is 25.3. The number of ether oxygens (including phenoxy) is 2. The van der Waals surface area contributed by atoms with Gasteiger partial charge in [0.2, 0.25) is 11.9 Å². The molecule has 0 spiro atoms. The third-order valence-electron chi connectivity index (χ3n) is 7.11. The number of piperidine rings is 1. The number of aromatic nitrogens is 2. The van der Waals surface area contributed by atoms with Crippen LogP contribution in [-0.2, 0) is 22.6 Å². The first-order chi connectivity index (χ1) is 16.9. The van der Waals surface area contributed by atoms with Crippen molar-refractivity contribution < 1.29 is 23.0 Å². The van der Waals surface area contributed by atoms with E-state index in [-0.39, 0.29) is 23.6 Å². The third kappa shape index (κ3) is 6.45. The molecule has 2 heterocycles. The van der Waals surface area contributed by atoms with Gasteiger partial charge >= 0.3 is 0 Å². The van der Waals surface area contributed by atoms with E-state index in [1.54, 1.807) is 21.2 Å². The fourth-order valence-electron chi connectivity index (χ4n) is 4.93. The first-order valence-electron chi connectivity index (χ1n) is 12.2. The van der Waals surface area contributed by atoms with E-state index in [0.717, 1.165) is 43.9 Å². The van der Waals surface area contributed by atoms with Crippen LogP contribution in [0.1, 0.15) is 36.8 Å². The molecule has 1 aliphatic heterocycles. The minimum atomic E-state index is -0.747. The molecule has 1 saturated carbocycles. The van der Waals surface area contributed by atoms with Gasteiger partial charge in [-0.3, -0.25) is 4.79 Å². The Morgan fingerprint density at radius 2 is 1.80 bits per heavy atom. The molecule has 0 radical (unpaired) electrons. The molecule has 0 unspecified atom stereocenters. The number of amides is 1. The van der Waals surface area contributed by atoms with E-state index in [1.807, 2.05) is 12.4 Å². The standard InChI is InChI=1S/C26H34F2N4O3/c1-31(2)25(33)13-22-23(27)11-20(12-24(22)28)35-9-6-19-10-21(19)18-4-7-32(8-5-18)26-29-14-17(15-30-26)16-34-3/h11-12,14-15,18-19,21H,4-10,13,16H2,1-3H3/t19-,21-/m1/s1. The summed E-state index contributed by atoms with van der Waals surface area (Å²) in [4.78, 5) is 24.3. The van der Waals surface area contributed by atoms with Gasteiger partial charge in [0.25, 0.3) is 0 Å². The lowest BCUT2D eigenvalue weighted by Gasteiger charge is -2.32. The van der Waals surface area contributed by atoms with E-state index in [9.17, 15) is 13.6 Å². The number of carbonyl (C=O) groups excluding carboxylic acids is 1. The van der Waals surface area contributed by atoms with Crippen LogP contribution in [0.25, 0.3) is 0 Å². The number of hydrogen-bond donors (Lipinski definition) is 0. The molecule has 190 valence electrons. The Balaban J connectivity index is 1.19. The van der Waals surface area contributed by atoms with Crippen molar-refractivity contribution in [1.29, 1.82) is 0 Å². The summed E-state index contributed by atoms with van der Waals surface area (Å²) in [6, 6.07) is 2.34. The molecule has 7 nitrogen and oxygen atoms in total. The lowest BCUT2D eigenvalue weighted by Crippen LogP contribution is -2.35. The summed E-state index contributed by atoms with van der Waals surface area (Å²) in [7, 11) is 4.77. The summed E-state index contributed by atoms with van der Waals surface area (Å²) < 4.78 is 39.4. The molecule has 2 aliphatic rings. The molecule has 0 N–H and O–H groups in total. The van der Waals surface area contributed by atoms with Crippen molar-refractivity contribution in [1.82, 2.24) is 14.9 Å². The van der Waals surface area contributed by atoms with Crippen LogP contribution in [0.15, 0.2) is 24.5 Å². The molecule has 2 aromatic rings. The summed E-state index contributed by atoms with van der Waals surface area (Å²) in [6.45, 7) is 2.85. The number of likely N-dealkylation sites (N-methyl/N-ethyl adjacent to an activating group) is 1. The number of hydrogen-bond acceptors (Lipinski definition) is 6. The van der Waals surface area contributed by atoms with Crippen LogP contribution in [0, 0.1) is 29.4 Å². The van der Waals surface area contributed by atoms with Gasteiger partial charge in [0.1, 0.15) is 17.4 Å². The van der Waals surface area contributed by atoms with Gasteiger partial charge in [-0.2, -0.15) is 0 Å². The maximum absolute atomic E-state index is 14.3. The van der Waals surface area contributed by atoms with Crippen LogP contribution in [-0.4, -0.2) is 61.7 Å². The zero-order chi connectivity index (χ0) is 24.9. The highest BCUT2D eigenvalue weighted by Gasteiger charge is 2.43. The van der Waals surface area contributed by atoms with E-state index in [2.05, 4.69) is 14.9 Å². The summed E-state index contributed by atoms with van der Waals surface area (Å²) in [6.07, 6.45) is 7.64. The maximum Gasteiger partial charge on any atom is 0.226 e. The Kier molecular flexibility index (Phi) is 8.15. The van der Waals surface area contributed by atoms with Gasteiger partial charge < -0.3 is 19.3 Å². The van der Waals surface area contributed by atoms with Gasteiger partial charge in [0, 0.05) is 69.9 Å². The fourth-order valence-corrected chi connectivity index (χ4v) is 4.93. The van der Waals surface area contributed by atoms with Gasteiger partial charge in [-0.15, -0.1) is 0 Å². The average molecular weight is 489 g/mol. The topological polar surface area (TPSA) is 67.8 Å². The van der Waals surface area contributed by atoms with Crippen molar-refractivity contribution in [2.24, 2.45) is 17.8 Å². The normalized spacial score (nSPS) is 20.1. The zero-order valence-electron chi connectivity index (χ0n) is 20.7. The highest BCUT2D eigenvalue weighted by Crippen LogP contribution is 2.49. The van der Waals surface area contributed by atoms with Crippen LogP contribution < -0.4 is 9.64 Å². The largest absolute Gasteiger partial charge is 0.493 e. The highest BCUT2D eigenvalue weighted by atomic mass is 19.1. The van der Waals surface area contributed by atoms with Crippen molar-refractivity contribution in [2.75, 3.05) is 45.8 Å². The summed E-state index contributed by atoms with van der Waals surface area (Å²) in [5.74, 6) is 1.08. The molecular formula is C26H34F2N4O3. The molecule has 1 amide bonds. The van der Waals surface area contributed by atoms with E-state index in [4.69, 9.17) is 9.47 Å². The minimum absolute atomic E-state index is 0.170. The van der Waals surface area contributed by atoms with Crippen LogP contribution in [0.5, 0.6) is 5.75 Å². The molecule has 1 saturated heterocycles. The number of rotatable bonds is 10. The van der Waals surface area contributed by atoms with Gasteiger partial charge in [0.05, 0.1) is 19.6 Å². The number of carbonyl (C=O) groups is 1. The molecular weight excluding hydrogens is 454 g/mol. The predicted octanol–water partition coefficient (Wildman–Crippen LogP) is 3.85. The van der Waals surface area contributed by atoms with Gasteiger partial charge in [-0.05, 0) is 43.4 Å². The lowest BCUT2D eigenvalue weighted by molar-refractivity contribution is -0.128. The maximum atomic E-state index is 14.3. The smallest absolute Gasteiger partial charge is 0.226 e. The second kappa shape index (κ2) is 11.3. The zero-order valence-corrected chi connectivity index (χ0v) is 20.7. The molecule has 1 aromatic carbocycles. The van der Waals surface area contributed by atoms with Gasteiger partial charge in [-0.25, -0.2) is 18.7 Å². The van der Waals surface area contributed by atoms with Gasteiger partial charge in [0.15, 0.2) is 0 Å². The average Bonchev–Trinajstić information content (AvgIpc) is 3.61. The van der Waals surface area contributed by atoms with Crippen LogP contribution in [0.4, 0.5) is 14.7 Å². The number of methoxy groups -OCH3 is 1. The second-order valence-electron chi connectivity index (χ2n) is 9.78. The predicted molar refractivity (Wildman–Crippen MR) is 128 cm³/mol. The molecule has 1 aliphatic carbocycles. The molecule has 4 rings (SSSR count). The molecule has 2 fully saturated rings. The van der Waals surface area contributed by atoms with Crippen molar-refractivity contribution in [3.8, 4) is 5.75 Å². The van der Waals surface area contributed by atoms with E-state index < -0.39 is 11.6 Å². The van der Waals surface area contributed by atoms with Crippen LogP contribution in [0.3, 0.4) is 0 Å². The lowest BCUT2D eigenvalue weighted by atomic mass is 9.90. The Labute approximate surface area is 205 Å². The Hall–Kier alpha value is -2.81. The van der Waals surface area contributed by atoms with Gasteiger partial charge in [-0.1, -0.05) is 0 Å². The quantitative estimate of drug-likeness (QED) is 0.506. The number of benzene rings is 1. The molecule has 35 heavy (non-hydrogen) atoms. The number of nitrogens with zero attached hydrogens (tertiary/aromatic N) is 4. The summed E-state index contributed by atoms with van der Waals surface area (Å²) >= 11 is 0. The Bertz CT molecular complexity index is 987. The molecule has 0 bridgehead atoms. The molecule has 2 atom stereocenters. The monoisotopic (exact) mass is 488 g/mol. The number of halogens is 2. The van der Waals surface area contributed by atoms with E-state index in [0.29, 0.717) is 31.0 Å². The Morgan fingerprint density at radius 3 is 2.40 bits per heavy atom. The van der Waals surface area contributed by atoms with E-state index in [1.165, 1.54) is 23.5 Å². The van der Waals surface area contributed by atoms with Crippen LogP contribution >= 0.6 is 0 Å². The van der Waals surface area contributed by atoms with Crippen molar-refractivity contribution in [3.63, 3.8) is 0 Å². The fraction of sp³-hybridized carbons (Fsp3) is 0.577. The van der Waals surface area contributed by atoms with Crippen molar-refractivity contribution in [3.05, 3.63) is 47.3 Å². The highest BCUT2D eigenvalue weighted by molar-refractivity contribution is 5.78. The van der Waals surface area contributed by atoms with Crippen molar-refractivity contribution >= 4 is 11.9 Å². The second-order valence-corrected chi connectivity index (χ2v) is 9.78. The Morgan fingerprint density at radius 1 is 1.14 bits per heavy atom. The third-order valence-corrected chi connectivity index (χ3v) is 7.11. The summed E-state index contributed by atoms with van der Waals surface area (Å²) in [5, 5.41) is 0. The van der Waals surface area contributed by atoms with E-state index >= 15 is 0 Å². The number of anilines is 1. The SMILES string of the molecule is COCc1cnc(N2CCC([C@H]3C[C@H]3CCOc3cc(F)c(CC(=O)N(C)C)c(F)c3)CC2)nc1. The van der Waals surface area contributed by atoms with Crippen LogP contribution in [0.2, 0.25) is 0 Å². The first-order valence-corrected chi connectivity index (χ1v) is 12.2. The molecule has 1 aromatic heterocycles. The van der Waals surface area contributed by atoms with Crippen molar-refractivity contribution in [2.45, 2.75) is 38.7 Å².